The van der Waals surface area contributed by atoms with Gasteiger partial charge >= 0.3 is 7.12 Å². The largest absolute Gasteiger partial charge is 0.494 e. The van der Waals surface area contributed by atoms with Crippen molar-refractivity contribution in [2.75, 3.05) is 0 Å². The lowest BCUT2D eigenvalue weighted by atomic mass is 9.79. The predicted molar refractivity (Wildman–Crippen MR) is 77.7 cm³/mol. The number of hydrogen-bond acceptors (Lipinski definition) is 4. The van der Waals surface area contributed by atoms with E-state index in [4.69, 9.17) is 13.8 Å². The van der Waals surface area contributed by atoms with Crippen molar-refractivity contribution in [3.05, 3.63) is 36.5 Å². The second-order valence-electron chi connectivity index (χ2n) is 6.09. The first-order chi connectivity index (χ1) is 9.39. The first-order valence-electron chi connectivity index (χ1n) is 6.76. The molecule has 1 saturated heterocycles. The van der Waals surface area contributed by atoms with Crippen molar-refractivity contribution in [3.63, 3.8) is 0 Å². The summed E-state index contributed by atoms with van der Waals surface area (Å²) in [5.41, 5.74) is 1.36. The van der Waals surface area contributed by atoms with Gasteiger partial charge in [0.25, 0.3) is 0 Å². The molecule has 0 unspecified atom stereocenters. The lowest BCUT2D eigenvalue weighted by Gasteiger charge is -2.32. The van der Waals surface area contributed by atoms with Gasteiger partial charge in [-0.15, -0.1) is 0 Å². The number of aromatic nitrogens is 1. The molecule has 0 N–H and O–H groups in total. The standard InChI is InChI=1S/C15H18BNO3/c1-14(2)15(3,4)20-16(19-14)12-7-5-11(6-8-12)13-9-10-17-18-13/h5-10H,1-4H3. The molecular formula is C15H18BNO3. The van der Waals surface area contributed by atoms with Crippen molar-refractivity contribution in [3.8, 4) is 11.3 Å². The maximum absolute atomic E-state index is 6.02. The molecule has 1 aliphatic heterocycles. The molecule has 1 aromatic heterocycles. The SMILES string of the molecule is CC1(C)OB(c2ccc(-c3ccno3)cc2)OC1(C)C. The molecule has 0 saturated carbocycles. The molecule has 0 radical (unpaired) electrons. The molecule has 0 amide bonds. The minimum Gasteiger partial charge on any atom is -0.399 e. The van der Waals surface area contributed by atoms with E-state index < -0.39 is 0 Å². The van der Waals surface area contributed by atoms with Crippen molar-refractivity contribution >= 4 is 12.6 Å². The van der Waals surface area contributed by atoms with Gasteiger partial charge in [0, 0.05) is 11.6 Å². The zero-order valence-electron chi connectivity index (χ0n) is 12.2. The lowest BCUT2D eigenvalue weighted by molar-refractivity contribution is 0.00578. The smallest absolute Gasteiger partial charge is 0.399 e. The monoisotopic (exact) mass is 271 g/mol. The minimum atomic E-state index is -0.330. The van der Waals surface area contributed by atoms with Crippen LogP contribution in [0.5, 0.6) is 0 Å². The Bertz CT molecular complexity index is 574. The molecule has 0 bridgehead atoms. The summed E-state index contributed by atoms with van der Waals surface area (Å²) in [5.74, 6) is 0.755. The van der Waals surface area contributed by atoms with Crippen LogP contribution >= 0.6 is 0 Å². The Hall–Kier alpha value is -1.59. The molecule has 0 atom stereocenters. The van der Waals surface area contributed by atoms with E-state index in [9.17, 15) is 0 Å². The van der Waals surface area contributed by atoms with Crippen molar-refractivity contribution in [1.29, 1.82) is 0 Å². The number of benzene rings is 1. The first-order valence-corrected chi connectivity index (χ1v) is 6.76. The Morgan fingerprint density at radius 1 is 0.900 bits per heavy atom. The Kier molecular flexibility index (Phi) is 2.99. The first kappa shape index (κ1) is 13.4. The summed E-state index contributed by atoms with van der Waals surface area (Å²) in [6.07, 6.45) is 1.64. The van der Waals surface area contributed by atoms with Gasteiger partial charge in [-0.2, -0.15) is 0 Å². The van der Waals surface area contributed by atoms with E-state index in [-0.39, 0.29) is 18.3 Å². The molecule has 1 aromatic carbocycles. The van der Waals surface area contributed by atoms with Crippen LogP contribution in [0.2, 0.25) is 0 Å². The van der Waals surface area contributed by atoms with Crippen LogP contribution < -0.4 is 5.46 Å². The van der Waals surface area contributed by atoms with Crippen LogP contribution in [0.15, 0.2) is 41.1 Å². The summed E-state index contributed by atoms with van der Waals surface area (Å²) < 4.78 is 17.2. The zero-order chi connectivity index (χ0) is 14.4. The van der Waals surface area contributed by atoms with Crippen LogP contribution in [0.3, 0.4) is 0 Å². The van der Waals surface area contributed by atoms with Gasteiger partial charge in [0.1, 0.15) is 0 Å². The fourth-order valence-corrected chi connectivity index (χ4v) is 2.15. The van der Waals surface area contributed by atoms with Gasteiger partial charge in [-0.05, 0) is 33.2 Å². The summed E-state index contributed by atoms with van der Waals surface area (Å²) in [6, 6.07) is 9.81. The molecule has 3 rings (SSSR count). The van der Waals surface area contributed by atoms with E-state index in [0.29, 0.717) is 0 Å². The van der Waals surface area contributed by atoms with E-state index in [1.807, 2.05) is 30.3 Å². The van der Waals surface area contributed by atoms with Crippen LogP contribution in [0.4, 0.5) is 0 Å². The molecule has 0 aliphatic carbocycles. The second-order valence-corrected chi connectivity index (χ2v) is 6.09. The van der Waals surface area contributed by atoms with Gasteiger partial charge in [-0.25, -0.2) is 0 Å². The van der Waals surface area contributed by atoms with Crippen molar-refractivity contribution in [2.24, 2.45) is 0 Å². The zero-order valence-corrected chi connectivity index (χ0v) is 12.2. The average Bonchev–Trinajstić information content (AvgIpc) is 2.97. The van der Waals surface area contributed by atoms with E-state index in [1.165, 1.54) is 0 Å². The Labute approximate surface area is 119 Å². The van der Waals surface area contributed by atoms with E-state index >= 15 is 0 Å². The summed E-state index contributed by atoms with van der Waals surface area (Å²) in [6.45, 7) is 8.21. The van der Waals surface area contributed by atoms with Crippen molar-refractivity contribution in [1.82, 2.24) is 5.16 Å². The molecule has 0 spiro atoms. The minimum absolute atomic E-state index is 0.318. The van der Waals surface area contributed by atoms with Gasteiger partial charge in [-0.1, -0.05) is 29.4 Å². The maximum atomic E-state index is 6.02. The Balaban J connectivity index is 1.83. The van der Waals surface area contributed by atoms with E-state index in [0.717, 1.165) is 16.8 Å². The van der Waals surface area contributed by atoms with E-state index in [1.54, 1.807) is 6.20 Å². The quantitative estimate of drug-likeness (QED) is 0.787. The molecule has 1 aliphatic rings. The molecule has 1 fully saturated rings. The molecule has 4 nitrogen and oxygen atoms in total. The number of rotatable bonds is 2. The lowest BCUT2D eigenvalue weighted by Crippen LogP contribution is -2.41. The highest BCUT2D eigenvalue weighted by Crippen LogP contribution is 2.36. The molecular weight excluding hydrogens is 253 g/mol. The summed E-state index contributed by atoms with van der Waals surface area (Å²) in [7, 11) is -0.330. The summed E-state index contributed by atoms with van der Waals surface area (Å²) in [4.78, 5) is 0. The average molecular weight is 271 g/mol. The second kappa shape index (κ2) is 4.47. The topological polar surface area (TPSA) is 44.5 Å². The third kappa shape index (κ3) is 2.17. The summed E-state index contributed by atoms with van der Waals surface area (Å²) in [5, 5.41) is 3.71. The Morgan fingerprint density at radius 2 is 1.50 bits per heavy atom. The van der Waals surface area contributed by atoms with Gasteiger partial charge in [0.15, 0.2) is 5.76 Å². The van der Waals surface area contributed by atoms with Crippen molar-refractivity contribution in [2.45, 2.75) is 38.9 Å². The highest BCUT2D eigenvalue weighted by atomic mass is 16.7. The summed E-state index contributed by atoms with van der Waals surface area (Å²) >= 11 is 0. The van der Waals surface area contributed by atoms with Gasteiger partial charge in [-0.3, -0.25) is 0 Å². The molecule has 5 heteroatoms. The van der Waals surface area contributed by atoms with Crippen LogP contribution in [0.1, 0.15) is 27.7 Å². The highest BCUT2D eigenvalue weighted by Gasteiger charge is 2.51. The molecule has 20 heavy (non-hydrogen) atoms. The van der Waals surface area contributed by atoms with Crippen LogP contribution in [-0.4, -0.2) is 23.5 Å². The third-order valence-electron chi connectivity index (χ3n) is 4.16. The third-order valence-corrected chi connectivity index (χ3v) is 4.16. The molecule has 104 valence electrons. The maximum Gasteiger partial charge on any atom is 0.494 e. The van der Waals surface area contributed by atoms with Crippen LogP contribution in [0.25, 0.3) is 11.3 Å². The fourth-order valence-electron chi connectivity index (χ4n) is 2.15. The van der Waals surface area contributed by atoms with Gasteiger partial charge in [0.2, 0.25) is 0 Å². The number of hydrogen-bond donors (Lipinski definition) is 0. The number of nitrogens with zero attached hydrogens (tertiary/aromatic N) is 1. The van der Waals surface area contributed by atoms with Gasteiger partial charge < -0.3 is 13.8 Å². The van der Waals surface area contributed by atoms with Crippen LogP contribution in [0, 0.1) is 0 Å². The molecule has 2 heterocycles. The van der Waals surface area contributed by atoms with Crippen LogP contribution in [-0.2, 0) is 9.31 Å². The van der Waals surface area contributed by atoms with Crippen molar-refractivity contribution < 1.29 is 13.8 Å². The highest BCUT2D eigenvalue weighted by molar-refractivity contribution is 6.62. The van der Waals surface area contributed by atoms with Gasteiger partial charge in [0.05, 0.1) is 17.4 Å². The van der Waals surface area contributed by atoms with E-state index in [2.05, 4.69) is 32.9 Å². The fraction of sp³-hybridized carbons (Fsp3) is 0.400. The Morgan fingerprint density at radius 3 is 2.00 bits per heavy atom. The normalized spacial score (nSPS) is 20.3. The predicted octanol–water partition coefficient (Wildman–Crippen LogP) is 2.64. The molecule has 2 aromatic rings.